The predicted octanol–water partition coefficient (Wildman–Crippen LogP) is 2.37. The van der Waals surface area contributed by atoms with Crippen LogP contribution >= 0.6 is 22.7 Å². The molecule has 14 heavy (non-hydrogen) atoms. The standard InChI is InChI=1S/C8H10N4S2/c1-4(2)6-10-3-5(13-6)7-11-12-8(9)14-7/h3-4H,1-2H3,(H2,9,12). The summed E-state index contributed by atoms with van der Waals surface area (Å²) in [6, 6.07) is 0. The van der Waals surface area contributed by atoms with E-state index in [2.05, 4.69) is 29.0 Å². The minimum atomic E-state index is 0.457. The third-order valence-corrected chi connectivity index (χ3v) is 3.89. The minimum Gasteiger partial charge on any atom is -0.374 e. The van der Waals surface area contributed by atoms with Crippen molar-refractivity contribution >= 4 is 27.8 Å². The number of aromatic nitrogens is 3. The van der Waals surface area contributed by atoms with E-state index in [0.717, 1.165) is 14.9 Å². The molecular weight excluding hydrogens is 216 g/mol. The fraction of sp³-hybridized carbons (Fsp3) is 0.375. The number of nitrogen functional groups attached to an aromatic ring is 1. The summed E-state index contributed by atoms with van der Waals surface area (Å²) in [6.45, 7) is 4.24. The zero-order valence-electron chi connectivity index (χ0n) is 7.89. The van der Waals surface area contributed by atoms with Gasteiger partial charge in [-0.25, -0.2) is 4.98 Å². The Bertz CT molecular complexity index is 432. The van der Waals surface area contributed by atoms with Gasteiger partial charge in [-0.2, -0.15) is 0 Å². The van der Waals surface area contributed by atoms with Crippen LogP contribution < -0.4 is 5.73 Å². The van der Waals surface area contributed by atoms with Gasteiger partial charge in [0.15, 0.2) is 5.01 Å². The van der Waals surface area contributed by atoms with Crippen LogP contribution in [0.15, 0.2) is 6.20 Å². The van der Waals surface area contributed by atoms with Crippen LogP contribution in [-0.4, -0.2) is 15.2 Å². The van der Waals surface area contributed by atoms with Crippen LogP contribution in [0.2, 0.25) is 0 Å². The molecule has 2 aromatic rings. The van der Waals surface area contributed by atoms with Gasteiger partial charge >= 0.3 is 0 Å². The second-order valence-corrected chi connectivity index (χ2v) is 5.23. The van der Waals surface area contributed by atoms with Gasteiger partial charge in [0.2, 0.25) is 5.13 Å². The summed E-state index contributed by atoms with van der Waals surface area (Å²) in [7, 11) is 0. The Morgan fingerprint density at radius 1 is 1.29 bits per heavy atom. The van der Waals surface area contributed by atoms with E-state index in [4.69, 9.17) is 5.73 Å². The van der Waals surface area contributed by atoms with Gasteiger partial charge in [0, 0.05) is 12.1 Å². The van der Waals surface area contributed by atoms with Crippen LogP contribution in [0.3, 0.4) is 0 Å². The van der Waals surface area contributed by atoms with Gasteiger partial charge in [0.1, 0.15) is 0 Å². The molecule has 0 aromatic carbocycles. The maximum Gasteiger partial charge on any atom is 0.203 e. The van der Waals surface area contributed by atoms with E-state index >= 15 is 0 Å². The fourth-order valence-corrected chi connectivity index (χ4v) is 2.55. The number of nitrogens with zero attached hydrogens (tertiary/aromatic N) is 3. The van der Waals surface area contributed by atoms with Gasteiger partial charge in [-0.15, -0.1) is 21.5 Å². The molecule has 0 aliphatic rings. The Morgan fingerprint density at radius 2 is 2.07 bits per heavy atom. The molecule has 6 heteroatoms. The number of anilines is 1. The summed E-state index contributed by atoms with van der Waals surface area (Å²) in [5.74, 6) is 0.457. The largest absolute Gasteiger partial charge is 0.374 e. The van der Waals surface area contributed by atoms with Crippen molar-refractivity contribution in [3.8, 4) is 9.88 Å². The zero-order chi connectivity index (χ0) is 10.1. The van der Waals surface area contributed by atoms with Crippen molar-refractivity contribution in [1.29, 1.82) is 0 Å². The second kappa shape index (κ2) is 3.62. The molecule has 0 unspecified atom stereocenters. The molecule has 0 saturated carbocycles. The molecule has 0 bridgehead atoms. The van der Waals surface area contributed by atoms with Gasteiger partial charge in [0.25, 0.3) is 0 Å². The van der Waals surface area contributed by atoms with Crippen LogP contribution in [0, 0.1) is 0 Å². The maximum absolute atomic E-state index is 5.51. The summed E-state index contributed by atoms with van der Waals surface area (Å²) in [5, 5.41) is 10.2. The van der Waals surface area contributed by atoms with E-state index in [9.17, 15) is 0 Å². The topological polar surface area (TPSA) is 64.7 Å². The lowest BCUT2D eigenvalue weighted by atomic mass is 10.2. The first-order chi connectivity index (χ1) is 6.66. The predicted molar refractivity (Wildman–Crippen MR) is 59.5 cm³/mol. The number of nitrogens with two attached hydrogens (primary N) is 1. The summed E-state index contributed by atoms with van der Waals surface area (Å²) in [6.07, 6.45) is 1.83. The van der Waals surface area contributed by atoms with Gasteiger partial charge in [-0.3, -0.25) is 0 Å². The van der Waals surface area contributed by atoms with E-state index in [1.807, 2.05) is 6.20 Å². The highest BCUT2D eigenvalue weighted by molar-refractivity contribution is 7.23. The zero-order valence-corrected chi connectivity index (χ0v) is 9.52. The highest BCUT2D eigenvalue weighted by Gasteiger charge is 2.10. The quantitative estimate of drug-likeness (QED) is 0.853. The first-order valence-electron chi connectivity index (χ1n) is 4.22. The van der Waals surface area contributed by atoms with E-state index in [1.54, 1.807) is 11.3 Å². The smallest absolute Gasteiger partial charge is 0.203 e. The van der Waals surface area contributed by atoms with E-state index in [1.165, 1.54) is 11.3 Å². The molecule has 2 rings (SSSR count). The molecule has 0 aliphatic heterocycles. The van der Waals surface area contributed by atoms with Crippen LogP contribution in [0.25, 0.3) is 9.88 Å². The summed E-state index contributed by atoms with van der Waals surface area (Å²) in [4.78, 5) is 5.36. The van der Waals surface area contributed by atoms with Crippen molar-refractivity contribution in [2.75, 3.05) is 5.73 Å². The molecule has 0 fully saturated rings. The lowest BCUT2D eigenvalue weighted by Gasteiger charge is -1.94. The van der Waals surface area contributed by atoms with E-state index in [0.29, 0.717) is 11.0 Å². The van der Waals surface area contributed by atoms with Crippen molar-refractivity contribution < 1.29 is 0 Å². The molecule has 74 valence electrons. The van der Waals surface area contributed by atoms with Crippen molar-refractivity contribution in [2.24, 2.45) is 0 Å². The lowest BCUT2D eigenvalue weighted by Crippen LogP contribution is -1.81. The Kier molecular flexibility index (Phi) is 2.47. The SMILES string of the molecule is CC(C)c1ncc(-c2nnc(N)s2)s1. The molecule has 0 amide bonds. The third-order valence-electron chi connectivity index (χ3n) is 1.67. The number of thiazole rings is 1. The molecule has 0 spiro atoms. The van der Waals surface area contributed by atoms with Gasteiger partial charge in [-0.05, 0) is 0 Å². The van der Waals surface area contributed by atoms with Gasteiger partial charge in [-0.1, -0.05) is 25.2 Å². The Labute approximate surface area is 89.8 Å². The first-order valence-corrected chi connectivity index (χ1v) is 5.85. The number of hydrogen-bond donors (Lipinski definition) is 1. The monoisotopic (exact) mass is 226 g/mol. The fourth-order valence-electron chi connectivity index (χ4n) is 0.988. The second-order valence-electron chi connectivity index (χ2n) is 3.16. The molecule has 0 aliphatic carbocycles. The molecule has 0 atom stereocenters. The number of rotatable bonds is 2. The van der Waals surface area contributed by atoms with Crippen molar-refractivity contribution in [1.82, 2.24) is 15.2 Å². The van der Waals surface area contributed by atoms with E-state index in [-0.39, 0.29) is 0 Å². The maximum atomic E-state index is 5.51. The molecule has 2 heterocycles. The average molecular weight is 226 g/mol. The lowest BCUT2D eigenvalue weighted by molar-refractivity contribution is 0.852. The summed E-state index contributed by atoms with van der Waals surface area (Å²) < 4.78 is 0. The summed E-state index contributed by atoms with van der Waals surface area (Å²) in [5.41, 5.74) is 5.51. The average Bonchev–Trinajstić information content (AvgIpc) is 2.70. The van der Waals surface area contributed by atoms with Crippen molar-refractivity contribution in [3.05, 3.63) is 11.2 Å². The molecule has 0 saturated heterocycles. The minimum absolute atomic E-state index is 0.457. The highest BCUT2D eigenvalue weighted by Crippen LogP contribution is 2.31. The van der Waals surface area contributed by atoms with Crippen molar-refractivity contribution in [2.45, 2.75) is 19.8 Å². The van der Waals surface area contributed by atoms with E-state index < -0.39 is 0 Å². The highest BCUT2D eigenvalue weighted by atomic mass is 32.1. The third kappa shape index (κ3) is 1.76. The molecule has 2 N–H and O–H groups in total. The number of hydrogen-bond acceptors (Lipinski definition) is 6. The first kappa shape index (κ1) is 9.54. The molecule has 2 aromatic heterocycles. The van der Waals surface area contributed by atoms with Crippen molar-refractivity contribution in [3.63, 3.8) is 0 Å². The van der Waals surface area contributed by atoms with Gasteiger partial charge in [0.05, 0.1) is 9.88 Å². The van der Waals surface area contributed by atoms with Crippen LogP contribution in [0.5, 0.6) is 0 Å². The molecule has 0 radical (unpaired) electrons. The Hall–Kier alpha value is -1.01. The van der Waals surface area contributed by atoms with Crippen LogP contribution in [-0.2, 0) is 0 Å². The van der Waals surface area contributed by atoms with Crippen LogP contribution in [0.1, 0.15) is 24.8 Å². The summed E-state index contributed by atoms with van der Waals surface area (Å²) >= 11 is 3.04. The van der Waals surface area contributed by atoms with Crippen LogP contribution in [0.4, 0.5) is 5.13 Å². The molecule has 4 nitrogen and oxygen atoms in total. The Morgan fingerprint density at radius 3 is 2.57 bits per heavy atom. The molecular formula is C8H10N4S2. The normalized spacial score (nSPS) is 11.1. The van der Waals surface area contributed by atoms with Gasteiger partial charge < -0.3 is 5.73 Å². The Balaban J connectivity index is 2.33.